The lowest BCUT2D eigenvalue weighted by Crippen LogP contribution is -2.45. The first-order valence-electron chi connectivity index (χ1n) is 9.56. The zero-order valence-electron chi connectivity index (χ0n) is 16.7. The van der Waals surface area contributed by atoms with E-state index >= 15 is 0 Å². The van der Waals surface area contributed by atoms with Gasteiger partial charge in [-0.2, -0.15) is 0 Å². The van der Waals surface area contributed by atoms with E-state index in [2.05, 4.69) is 47.6 Å². The number of aryl methyl sites for hydroxylation is 1. The Balaban J connectivity index is 1.94. The number of guanidine groups is 1. The van der Waals surface area contributed by atoms with E-state index in [1.54, 1.807) is 14.2 Å². The van der Waals surface area contributed by atoms with E-state index in [9.17, 15) is 0 Å². The number of hydrogen-bond acceptors (Lipinski definition) is 4. The summed E-state index contributed by atoms with van der Waals surface area (Å²) in [7, 11) is 3.47. The maximum atomic E-state index is 5.48. The number of methoxy groups -OCH3 is 2. The average Bonchev–Trinajstić information content (AvgIpc) is 3.10. The second kappa shape index (κ2) is 11.0. The van der Waals surface area contributed by atoms with E-state index in [-0.39, 0.29) is 0 Å². The first-order valence-corrected chi connectivity index (χ1v) is 9.56. The summed E-state index contributed by atoms with van der Waals surface area (Å²) in [6.45, 7) is 9.44. The van der Waals surface area contributed by atoms with Crippen LogP contribution in [0.5, 0.6) is 5.75 Å². The van der Waals surface area contributed by atoms with E-state index in [1.807, 2.05) is 0 Å². The van der Waals surface area contributed by atoms with Gasteiger partial charge < -0.3 is 20.1 Å². The highest BCUT2D eigenvalue weighted by Gasteiger charge is 2.23. The minimum Gasteiger partial charge on any atom is -0.496 e. The predicted octanol–water partition coefficient (Wildman–Crippen LogP) is 2.17. The van der Waals surface area contributed by atoms with Crippen LogP contribution in [0, 0.1) is 6.92 Å². The van der Waals surface area contributed by atoms with Gasteiger partial charge in [0.1, 0.15) is 5.75 Å². The Morgan fingerprint density at radius 1 is 1.31 bits per heavy atom. The topological polar surface area (TPSA) is 58.1 Å². The quantitative estimate of drug-likeness (QED) is 0.521. The molecule has 0 saturated carbocycles. The number of aliphatic imine (C=N–C) groups is 1. The summed E-state index contributed by atoms with van der Waals surface area (Å²) in [6.07, 6.45) is 2.48. The summed E-state index contributed by atoms with van der Waals surface area (Å²) in [5.41, 5.74) is 2.29. The maximum absolute atomic E-state index is 5.48. The summed E-state index contributed by atoms with van der Waals surface area (Å²) in [5, 5.41) is 6.84. The molecule has 2 N–H and O–H groups in total. The number of benzene rings is 1. The molecule has 1 aliphatic heterocycles. The van der Waals surface area contributed by atoms with E-state index in [4.69, 9.17) is 14.5 Å². The molecule has 0 aromatic heterocycles. The van der Waals surface area contributed by atoms with Crippen LogP contribution in [0.25, 0.3) is 0 Å². The van der Waals surface area contributed by atoms with Gasteiger partial charge in [0.2, 0.25) is 0 Å². The van der Waals surface area contributed by atoms with Crippen molar-refractivity contribution in [3.8, 4) is 5.75 Å². The van der Waals surface area contributed by atoms with Gasteiger partial charge in [-0.1, -0.05) is 12.1 Å². The number of nitrogens with zero attached hydrogens (tertiary/aromatic N) is 2. The normalized spacial score (nSPS) is 18.2. The molecular weight excluding hydrogens is 328 g/mol. The SMILES string of the molecule is CCNC(=NCc1ccc(C)cc1OC)NCC1CCCN1CCOC. The van der Waals surface area contributed by atoms with Crippen LogP contribution in [0.15, 0.2) is 23.2 Å². The van der Waals surface area contributed by atoms with Gasteiger partial charge in [0.15, 0.2) is 5.96 Å². The van der Waals surface area contributed by atoms with Crippen LogP contribution in [0.3, 0.4) is 0 Å². The van der Waals surface area contributed by atoms with E-state index in [1.165, 1.54) is 18.4 Å². The Kier molecular flexibility index (Phi) is 8.71. The minimum absolute atomic E-state index is 0.544. The molecule has 6 nitrogen and oxygen atoms in total. The molecule has 1 heterocycles. The van der Waals surface area contributed by atoms with Crippen LogP contribution in [0.1, 0.15) is 30.9 Å². The summed E-state index contributed by atoms with van der Waals surface area (Å²) in [4.78, 5) is 7.24. The molecule has 1 aliphatic rings. The Morgan fingerprint density at radius 3 is 2.88 bits per heavy atom. The van der Waals surface area contributed by atoms with Gasteiger partial charge >= 0.3 is 0 Å². The molecule has 0 amide bonds. The molecule has 0 aliphatic carbocycles. The van der Waals surface area contributed by atoms with E-state index in [0.717, 1.165) is 50.1 Å². The largest absolute Gasteiger partial charge is 0.496 e. The zero-order valence-corrected chi connectivity index (χ0v) is 16.7. The predicted molar refractivity (Wildman–Crippen MR) is 107 cm³/mol. The van der Waals surface area contributed by atoms with Crippen molar-refractivity contribution in [3.63, 3.8) is 0 Å². The van der Waals surface area contributed by atoms with Crippen molar-refractivity contribution in [2.24, 2.45) is 4.99 Å². The van der Waals surface area contributed by atoms with Crippen LogP contribution in [0.4, 0.5) is 0 Å². The first-order chi connectivity index (χ1) is 12.7. The smallest absolute Gasteiger partial charge is 0.191 e. The highest BCUT2D eigenvalue weighted by atomic mass is 16.5. The van der Waals surface area contributed by atoms with Crippen LogP contribution >= 0.6 is 0 Å². The fraction of sp³-hybridized carbons (Fsp3) is 0.650. The van der Waals surface area contributed by atoms with Gasteiger partial charge in [0.25, 0.3) is 0 Å². The van der Waals surface area contributed by atoms with Crippen LogP contribution in [-0.2, 0) is 11.3 Å². The van der Waals surface area contributed by atoms with Gasteiger partial charge in [-0.3, -0.25) is 4.90 Å². The van der Waals surface area contributed by atoms with Crippen LogP contribution in [0.2, 0.25) is 0 Å². The molecule has 6 heteroatoms. The summed E-state index contributed by atoms with van der Waals surface area (Å²) >= 11 is 0. The Labute approximate surface area is 158 Å². The molecule has 1 unspecified atom stereocenters. The van der Waals surface area contributed by atoms with Crippen molar-refractivity contribution < 1.29 is 9.47 Å². The Morgan fingerprint density at radius 2 is 2.15 bits per heavy atom. The second-order valence-electron chi connectivity index (χ2n) is 6.72. The Hall–Kier alpha value is -1.79. The van der Waals surface area contributed by atoms with Crippen LogP contribution < -0.4 is 15.4 Å². The molecule has 1 aromatic carbocycles. The fourth-order valence-corrected chi connectivity index (χ4v) is 3.33. The van der Waals surface area contributed by atoms with E-state index in [0.29, 0.717) is 12.6 Å². The molecule has 146 valence electrons. The molecule has 0 bridgehead atoms. The lowest BCUT2D eigenvalue weighted by atomic mass is 10.1. The van der Waals surface area contributed by atoms with Gasteiger partial charge in [-0.25, -0.2) is 4.99 Å². The Bertz CT molecular complexity index is 577. The maximum Gasteiger partial charge on any atom is 0.191 e. The molecule has 0 radical (unpaired) electrons. The summed E-state index contributed by atoms with van der Waals surface area (Å²) in [6, 6.07) is 6.78. The minimum atomic E-state index is 0.544. The third kappa shape index (κ3) is 6.18. The molecule has 1 saturated heterocycles. The zero-order chi connectivity index (χ0) is 18.8. The number of rotatable bonds is 9. The van der Waals surface area contributed by atoms with Crippen molar-refractivity contribution in [2.45, 2.75) is 39.3 Å². The van der Waals surface area contributed by atoms with Gasteiger partial charge in [-0.15, -0.1) is 0 Å². The molecule has 1 aromatic rings. The van der Waals surface area contributed by atoms with Crippen molar-refractivity contribution in [2.75, 3.05) is 47.0 Å². The molecule has 0 spiro atoms. The molecule has 1 fully saturated rings. The van der Waals surface area contributed by atoms with Crippen molar-refractivity contribution >= 4 is 5.96 Å². The standard InChI is InChI=1S/C20H34N4O2/c1-5-21-20(22-14-17-9-8-16(2)13-19(17)26-4)23-15-18-7-6-10-24(18)11-12-25-3/h8-9,13,18H,5-7,10-12,14-15H2,1-4H3,(H2,21,22,23). The second-order valence-corrected chi connectivity index (χ2v) is 6.72. The lowest BCUT2D eigenvalue weighted by molar-refractivity contribution is 0.141. The molecule has 1 atom stereocenters. The van der Waals surface area contributed by atoms with Gasteiger partial charge in [0, 0.05) is 38.3 Å². The fourth-order valence-electron chi connectivity index (χ4n) is 3.33. The number of nitrogens with one attached hydrogen (secondary N) is 2. The third-order valence-electron chi connectivity index (χ3n) is 4.78. The monoisotopic (exact) mass is 362 g/mol. The van der Waals surface area contributed by atoms with Crippen LogP contribution in [-0.4, -0.2) is 63.9 Å². The number of likely N-dealkylation sites (tertiary alicyclic amines) is 1. The molecular formula is C20H34N4O2. The first kappa shape index (κ1) is 20.5. The summed E-state index contributed by atoms with van der Waals surface area (Å²) < 4.78 is 10.7. The van der Waals surface area contributed by atoms with Crippen molar-refractivity contribution in [1.82, 2.24) is 15.5 Å². The van der Waals surface area contributed by atoms with Gasteiger partial charge in [-0.05, 0) is 44.9 Å². The van der Waals surface area contributed by atoms with Crippen molar-refractivity contribution in [3.05, 3.63) is 29.3 Å². The van der Waals surface area contributed by atoms with Gasteiger partial charge in [0.05, 0.1) is 20.3 Å². The number of ether oxygens (including phenoxy) is 2. The molecule has 2 rings (SSSR count). The third-order valence-corrected chi connectivity index (χ3v) is 4.78. The molecule has 26 heavy (non-hydrogen) atoms. The van der Waals surface area contributed by atoms with E-state index < -0.39 is 0 Å². The average molecular weight is 363 g/mol. The highest BCUT2D eigenvalue weighted by molar-refractivity contribution is 5.79. The highest BCUT2D eigenvalue weighted by Crippen LogP contribution is 2.20. The lowest BCUT2D eigenvalue weighted by Gasteiger charge is -2.25. The van der Waals surface area contributed by atoms with Crippen molar-refractivity contribution in [1.29, 1.82) is 0 Å². The summed E-state index contributed by atoms with van der Waals surface area (Å²) in [5.74, 6) is 1.75. The number of hydrogen-bond donors (Lipinski definition) is 2.